The average molecular weight is 326 g/mol. The van der Waals surface area contributed by atoms with Crippen LogP contribution in [0, 0.1) is 0 Å². The highest BCUT2D eigenvalue weighted by Crippen LogP contribution is 2.30. The van der Waals surface area contributed by atoms with Gasteiger partial charge in [0.2, 0.25) is 5.91 Å². The maximum Gasteiger partial charge on any atom is 0.219 e. The third-order valence-electron chi connectivity index (χ3n) is 5.21. The van der Waals surface area contributed by atoms with Crippen molar-refractivity contribution in [1.82, 2.24) is 4.90 Å². The number of carbonyl (C=O) groups is 1. The van der Waals surface area contributed by atoms with Gasteiger partial charge >= 0.3 is 0 Å². The van der Waals surface area contributed by atoms with Crippen LogP contribution in [0.3, 0.4) is 0 Å². The van der Waals surface area contributed by atoms with Crippen molar-refractivity contribution in [3.05, 3.63) is 0 Å². The summed E-state index contributed by atoms with van der Waals surface area (Å²) in [5, 5.41) is 0. The van der Waals surface area contributed by atoms with Gasteiger partial charge in [-0.15, -0.1) is 0 Å². The Balaban J connectivity index is 2.41. The second-order valence-corrected chi connectivity index (χ2v) is 7.54. The first-order valence-corrected chi connectivity index (χ1v) is 9.94. The lowest BCUT2D eigenvalue weighted by molar-refractivity contribution is -0.137. The van der Waals surface area contributed by atoms with E-state index in [0.717, 1.165) is 25.9 Å². The molecule has 1 rings (SSSR count). The highest BCUT2D eigenvalue weighted by atomic mass is 16.5. The van der Waals surface area contributed by atoms with E-state index in [-0.39, 0.29) is 11.5 Å². The molecule has 1 atom stereocenters. The molecule has 1 amide bonds. The summed E-state index contributed by atoms with van der Waals surface area (Å²) in [6, 6.07) is 0. The highest BCUT2D eigenvalue weighted by Gasteiger charge is 2.30. The number of ether oxygens (including phenoxy) is 1. The molecule has 1 fully saturated rings. The Bertz CT molecular complexity index is 324. The summed E-state index contributed by atoms with van der Waals surface area (Å²) < 4.78 is 6.58. The van der Waals surface area contributed by atoms with Crippen molar-refractivity contribution >= 4 is 5.91 Å². The van der Waals surface area contributed by atoms with Crippen LogP contribution in [0.2, 0.25) is 0 Å². The van der Waals surface area contributed by atoms with E-state index in [2.05, 4.69) is 20.8 Å². The van der Waals surface area contributed by atoms with E-state index in [9.17, 15) is 4.79 Å². The number of amides is 1. The summed E-state index contributed by atoms with van der Waals surface area (Å²) in [6.45, 7) is 10.2. The normalized spacial score (nSPS) is 18.9. The van der Waals surface area contributed by atoms with Crippen LogP contribution in [0.1, 0.15) is 98.3 Å². The summed E-state index contributed by atoms with van der Waals surface area (Å²) in [6.07, 6.45) is 13.8. The van der Waals surface area contributed by atoms with Gasteiger partial charge in [-0.25, -0.2) is 0 Å². The van der Waals surface area contributed by atoms with Crippen molar-refractivity contribution in [2.24, 2.45) is 0 Å². The number of likely N-dealkylation sites (tertiary alicyclic amines) is 1. The van der Waals surface area contributed by atoms with Crippen molar-refractivity contribution in [2.45, 2.75) is 110 Å². The Hall–Kier alpha value is -0.570. The van der Waals surface area contributed by atoms with E-state index in [1.807, 2.05) is 4.90 Å². The van der Waals surface area contributed by atoms with Gasteiger partial charge in [0.05, 0.1) is 11.7 Å². The quantitative estimate of drug-likeness (QED) is 0.481. The average Bonchev–Trinajstić information content (AvgIpc) is 2.53. The summed E-state index contributed by atoms with van der Waals surface area (Å²) in [4.78, 5) is 13.4. The van der Waals surface area contributed by atoms with Crippen LogP contribution in [-0.2, 0) is 9.53 Å². The molecule has 0 saturated carbocycles. The largest absolute Gasteiger partial charge is 0.372 e. The molecule has 0 bridgehead atoms. The molecular weight excluding hydrogens is 286 g/mol. The van der Waals surface area contributed by atoms with Gasteiger partial charge in [-0.05, 0) is 32.6 Å². The first kappa shape index (κ1) is 20.5. The Morgan fingerprint density at radius 3 is 2.13 bits per heavy atom. The minimum absolute atomic E-state index is 0.0330. The predicted octanol–water partition coefficient (Wildman–Crippen LogP) is 5.32. The van der Waals surface area contributed by atoms with Gasteiger partial charge in [-0.1, -0.05) is 58.8 Å². The van der Waals surface area contributed by atoms with E-state index < -0.39 is 0 Å². The maximum absolute atomic E-state index is 11.4. The lowest BCUT2D eigenvalue weighted by Gasteiger charge is -2.38. The fourth-order valence-electron chi connectivity index (χ4n) is 3.59. The van der Waals surface area contributed by atoms with Crippen LogP contribution in [0.15, 0.2) is 0 Å². The third kappa shape index (κ3) is 8.19. The lowest BCUT2D eigenvalue weighted by Crippen LogP contribution is -2.43. The summed E-state index contributed by atoms with van der Waals surface area (Å²) in [5.41, 5.74) is 0.0330. The molecule has 0 spiro atoms. The minimum atomic E-state index is 0.0330. The predicted molar refractivity (Wildman–Crippen MR) is 97.7 cm³/mol. The van der Waals surface area contributed by atoms with Crippen molar-refractivity contribution in [3.63, 3.8) is 0 Å². The zero-order valence-corrected chi connectivity index (χ0v) is 16.0. The molecule has 0 aromatic rings. The zero-order chi connectivity index (χ0) is 17.1. The monoisotopic (exact) mass is 325 g/mol. The summed E-state index contributed by atoms with van der Waals surface area (Å²) >= 11 is 0. The van der Waals surface area contributed by atoms with Gasteiger partial charge in [0.1, 0.15) is 0 Å². The Kier molecular flexibility index (Phi) is 9.85. The molecule has 136 valence electrons. The fraction of sp³-hybridized carbons (Fsp3) is 0.950. The van der Waals surface area contributed by atoms with Gasteiger partial charge in [-0.3, -0.25) is 4.79 Å². The maximum atomic E-state index is 11.4. The Labute approximate surface area is 144 Å². The van der Waals surface area contributed by atoms with E-state index in [1.165, 1.54) is 57.8 Å². The molecule has 3 heteroatoms. The standard InChI is InChI=1S/C20H39NO2/c1-5-7-9-10-11-15-20(4,14-8-6-2)23-19-12-16-21(17-13-19)18(3)22/h19H,5-17H2,1-4H3. The van der Waals surface area contributed by atoms with E-state index in [1.54, 1.807) is 6.92 Å². The molecule has 1 heterocycles. The molecule has 0 aliphatic carbocycles. The molecule has 1 saturated heterocycles. The summed E-state index contributed by atoms with van der Waals surface area (Å²) in [7, 11) is 0. The second kappa shape index (κ2) is 11.1. The molecule has 0 aromatic carbocycles. The molecular formula is C20H39NO2. The molecule has 1 aliphatic rings. The van der Waals surface area contributed by atoms with Crippen LogP contribution in [0.4, 0.5) is 0 Å². The first-order chi connectivity index (χ1) is 11.0. The van der Waals surface area contributed by atoms with Crippen LogP contribution in [-0.4, -0.2) is 35.6 Å². The number of piperidine rings is 1. The number of hydrogen-bond acceptors (Lipinski definition) is 2. The smallest absolute Gasteiger partial charge is 0.219 e. The van der Waals surface area contributed by atoms with Crippen LogP contribution < -0.4 is 0 Å². The zero-order valence-electron chi connectivity index (χ0n) is 16.0. The number of unbranched alkanes of at least 4 members (excludes halogenated alkanes) is 5. The number of rotatable bonds is 11. The van der Waals surface area contributed by atoms with Gasteiger partial charge in [0, 0.05) is 20.0 Å². The number of nitrogens with zero attached hydrogens (tertiary/aromatic N) is 1. The molecule has 3 nitrogen and oxygen atoms in total. The molecule has 0 aromatic heterocycles. The van der Waals surface area contributed by atoms with Crippen molar-refractivity contribution in [1.29, 1.82) is 0 Å². The van der Waals surface area contributed by atoms with E-state index in [0.29, 0.717) is 6.10 Å². The Morgan fingerprint density at radius 2 is 1.57 bits per heavy atom. The van der Waals surface area contributed by atoms with Gasteiger partial charge in [-0.2, -0.15) is 0 Å². The van der Waals surface area contributed by atoms with E-state index in [4.69, 9.17) is 4.74 Å². The van der Waals surface area contributed by atoms with E-state index >= 15 is 0 Å². The molecule has 23 heavy (non-hydrogen) atoms. The van der Waals surface area contributed by atoms with Crippen molar-refractivity contribution < 1.29 is 9.53 Å². The van der Waals surface area contributed by atoms with Crippen LogP contribution in [0.5, 0.6) is 0 Å². The first-order valence-electron chi connectivity index (χ1n) is 9.94. The second-order valence-electron chi connectivity index (χ2n) is 7.54. The van der Waals surface area contributed by atoms with Crippen LogP contribution in [0.25, 0.3) is 0 Å². The van der Waals surface area contributed by atoms with Crippen LogP contribution >= 0.6 is 0 Å². The van der Waals surface area contributed by atoms with Gasteiger partial charge in [0.15, 0.2) is 0 Å². The lowest BCUT2D eigenvalue weighted by atomic mass is 9.91. The SMILES string of the molecule is CCCCCCCC(C)(CCCC)OC1CCN(C(C)=O)CC1. The van der Waals surface area contributed by atoms with Gasteiger partial charge < -0.3 is 9.64 Å². The molecule has 1 aliphatic heterocycles. The van der Waals surface area contributed by atoms with Crippen molar-refractivity contribution in [3.8, 4) is 0 Å². The number of hydrogen-bond donors (Lipinski definition) is 0. The third-order valence-corrected chi connectivity index (χ3v) is 5.21. The fourth-order valence-corrected chi connectivity index (χ4v) is 3.59. The minimum Gasteiger partial charge on any atom is -0.372 e. The van der Waals surface area contributed by atoms with Gasteiger partial charge in [0.25, 0.3) is 0 Å². The Morgan fingerprint density at radius 1 is 1.00 bits per heavy atom. The molecule has 0 N–H and O–H groups in total. The molecule has 0 radical (unpaired) electrons. The number of carbonyl (C=O) groups excluding carboxylic acids is 1. The van der Waals surface area contributed by atoms with Crippen molar-refractivity contribution in [2.75, 3.05) is 13.1 Å². The highest BCUT2D eigenvalue weighted by molar-refractivity contribution is 5.73. The molecule has 1 unspecified atom stereocenters. The summed E-state index contributed by atoms with van der Waals surface area (Å²) in [5.74, 6) is 0.202. The topological polar surface area (TPSA) is 29.5 Å².